The van der Waals surface area contributed by atoms with Crippen LogP contribution in [0.25, 0.3) is 0 Å². The Hall–Kier alpha value is -1.39. The molecular weight excluding hydrogens is 244 g/mol. The number of hydrogen-bond donors (Lipinski definition) is 1. The van der Waals surface area contributed by atoms with E-state index in [4.69, 9.17) is 0 Å². The molecule has 1 aliphatic heterocycles. The van der Waals surface area contributed by atoms with E-state index in [1.807, 2.05) is 13.8 Å². The van der Waals surface area contributed by atoms with Gasteiger partial charge in [-0.2, -0.15) is 0 Å². The van der Waals surface area contributed by atoms with Gasteiger partial charge < -0.3 is 10.2 Å². The van der Waals surface area contributed by atoms with Gasteiger partial charge in [-0.05, 0) is 13.3 Å². The monoisotopic (exact) mass is 268 g/mol. The lowest BCUT2D eigenvalue weighted by molar-refractivity contribution is -0.139. The fourth-order valence-corrected chi connectivity index (χ4v) is 2.19. The van der Waals surface area contributed by atoms with Crippen molar-refractivity contribution in [3.63, 3.8) is 0 Å². The van der Waals surface area contributed by atoms with Gasteiger partial charge in [-0.1, -0.05) is 27.7 Å². The van der Waals surface area contributed by atoms with Gasteiger partial charge in [0.2, 0.25) is 11.8 Å². The second-order valence-electron chi connectivity index (χ2n) is 5.77. The quantitative estimate of drug-likeness (QED) is 0.808. The van der Waals surface area contributed by atoms with E-state index in [1.54, 1.807) is 25.7 Å². The van der Waals surface area contributed by atoms with E-state index in [2.05, 4.69) is 5.32 Å². The molecule has 0 bridgehead atoms. The zero-order valence-electron chi connectivity index (χ0n) is 12.4. The van der Waals surface area contributed by atoms with Crippen LogP contribution in [-0.2, 0) is 14.4 Å². The largest absolute Gasteiger partial charge is 0.344 e. The van der Waals surface area contributed by atoms with Gasteiger partial charge in [0, 0.05) is 18.4 Å². The third kappa shape index (κ3) is 3.55. The maximum absolute atomic E-state index is 12.2. The van der Waals surface area contributed by atoms with Crippen LogP contribution < -0.4 is 5.32 Å². The molecule has 1 unspecified atom stereocenters. The number of amides is 2. The van der Waals surface area contributed by atoms with Gasteiger partial charge in [0.1, 0.15) is 6.04 Å². The molecule has 1 aliphatic rings. The first-order chi connectivity index (χ1) is 8.75. The Kier molecular flexibility index (Phi) is 5.09. The van der Waals surface area contributed by atoms with Crippen LogP contribution in [0.4, 0.5) is 0 Å². The summed E-state index contributed by atoms with van der Waals surface area (Å²) in [6.07, 6.45) is 0.576. The van der Waals surface area contributed by atoms with Crippen LogP contribution in [0, 0.1) is 11.8 Å². The van der Waals surface area contributed by atoms with Crippen molar-refractivity contribution >= 4 is 17.6 Å². The van der Waals surface area contributed by atoms with Crippen molar-refractivity contribution < 1.29 is 14.4 Å². The van der Waals surface area contributed by atoms with Crippen molar-refractivity contribution in [2.24, 2.45) is 11.8 Å². The van der Waals surface area contributed by atoms with Crippen LogP contribution in [0.5, 0.6) is 0 Å². The van der Waals surface area contributed by atoms with Gasteiger partial charge in [0.15, 0.2) is 5.78 Å². The normalized spacial score (nSPS) is 21.1. The zero-order valence-corrected chi connectivity index (χ0v) is 12.4. The number of Topliss-reactive ketones (excluding diaryl/α,β-unsaturated/α-hetero) is 1. The highest BCUT2D eigenvalue weighted by Gasteiger charge is 2.38. The van der Waals surface area contributed by atoms with E-state index in [-0.39, 0.29) is 29.4 Å². The number of carbonyl (C=O) groups is 3. The summed E-state index contributed by atoms with van der Waals surface area (Å²) in [5.41, 5.74) is 0. The van der Waals surface area contributed by atoms with Crippen molar-refractivity contribution in [3.8, 4) is 0 Å². The van der Waals surface area contributed by atoms with E-state index in [9.17, 15) is 14.4 Å². The molecule has 1 fully saturated rings. The van der Waals surface area contributed by atoms with Crippen molar-refractivity contribution in [2.45, 2.75) is 53.1 Å². The lowest BCUT2D eigenvalue weighted by atomic mass is 10.0. The van der Waals surface area contributed by atoms with Crippen molar-refractivity contribution in [1.82, 2.24) is 10.2 Å². The first kappa shape index (κ1) is 15.7. The SMILES string of the molecule is CC(C)C(=O)NC1CCN([C@@H](C)C(=O)C(C)C)C1=O. The summed E-state index contributed by atoms with van der Waals surface area (Å²) in [4.78, 5) is 37.3. The van der Waals surface area contributed by atoms with Gasteiger partial charge in [-0.3, -0.25) is 14.4 Å². The maximum atomic E-state index is 12.2. The summed E-state index contributed by atoms with van der Waals surface area (Å²) in [5, 5.41) is 2.74. The van der Waals surface area contributed by atoms with Crippen molar-refractivity contribution in [1.29, 1.82) is 0 Å². The molecule has 0 aliphatic carbocycles. The Morgan fingerprint density at radius 1 is 1.16 bits per heavy atom. The molecule has 0 radical (unpaired) electrons. The lowest BCUT2D eigenvalue weighted by Gasteiger charge is -2.25. The van der Waals surface area contributed by atoms with Gasteiger partial charge >= 0.3 is 0 Å². The summed E-state index contributed by atoms with van der Waals surface area (Å²) in [5.74, 6) is -0.439. The fourth-order valence-electron chi connectivity index (χ4n) is 2.19. The molecular formula is C14H24N2O3. The summed E-state index contributed by atoms with van der Waals surface area (Å²) >= 11 is 0. The number of rotatable bonds is 5. The third-order valence-electron chi connectivity index (χ3n) is 3.53. The van der Waals surface area contributed by atoms with Crippen LogP contribution in [0.3, 0.4) is 0 Å². The third-order valence-corrected chi connectivity index (χ3v) is 3.53. The summed E-state index contributed by atoms with van der Waals surface area (Å²) in [6, 6.07) is -0.884. The predicted octanol–water partition coefficient (Wildman–Crippen LogP) is 0.973. The van der Waals surface area contributed by atoms with Gasteiger partial charge in [0.25, 0.3) is 0 Å². The van der Waals surface area contributed by atoms with Crippen molar-refractivity contribution in [3.05, 3.63) is 0 Å². The molecule has 0 aromatic heterocycles. The molecule has 5 nitrogen and oxygen atoms in total. The molecule has 2 amide bonds. The summed E-state index contributed by atoms with van der Waals surface area (Å²) < 4.78 is 0. The number of ketones is 1. The van der Waals surface area contributed by atoms with Gasteiger partial charge in [-0.25, -0.2) is 0 Å². The number of nitrogens with one attached hydrogen (secondary N) is 1. The Morgan fingerprint density at radius 3 is 2.21 bits per heavy atom. The average Bonchev–Trinajstić information content (AvgIpc) is 2.69. The molecule has 0 spiro atoms. The molecule has 1 saturated heterocycles. The summed E-state index contributed by atoms with van der Waals surface area (Å²) in [7, 11) is 0. The second-order valence-corrected chi connectivity index (χ2v) is 5.77. The highest BCUT2D eigenvalue weighted by molar-refractivity contribution is 5.94. The van der Waals surface area contributed by atoms with E-state index in [0.29, 0.717) is 13.0 Å². The Labute approximate surface area is 114 Å². The summed E-state index contributed by atoms with van der Waals surface area (Å²) in [6.45, 7) is 9.53. The van der Waals surface area contributed by atoms with E-state index < -0.39 is 12.1 Å². The number of nitrogens with zero attached hydrogens (tertiary/aromatic N) is 1. The second kappa shape index (κ2) is 6.17. The molecule has 108 valence electrons. The molecule has 1 rings (SSSR count). The standard InChI is InChI=1S/C14H24N2O3/c1-8(2)12(17)10(5)16-7-6-11(14(16)19)15-13(18)9(3)4/h8-11H,6-7H2,1-5H3,(H,15,18)/t10-,11?/m0/s1. The van der Waals surface area contributed by atoms with Crippen molar-refractivity contribution in [2.75, 3.05) is 6.54 Å². The van der Waals surface area contributed by atoms with Crippen LogP contribution >= 0.6 is 0 Å². The van der Waals surface area contributed by atoms with Crippen LogP contribution in [0.1, 0.15) is 41.0 Å². The first-order valence-corrected chi connectivity index (χ1v) is 6.90. The highest BCUT2D eigenvalue weighted by atomic mass is 16.2. The van der Waals surface area contributed by atoms with E-state index in [1.165, 1.54) is 0 Å². The fraction of sp³-hybridized carbons (Fsp3) is 0.786. The molecule has 19 heavy (non-hydrogen) atoms. The van der Waals surface area contributed by atoms with E-state index in [0.717, 1.165) is 0 Å². The number of carbonyl (C=O) groups excluding carboxylic acids is 3. The molecule has 5 heteroatoms. The maximum Gasteiger partial charge on any atom is 0.245 e. The van der Waals surface area contributed by atoms with E-state index >= 15 is 0 Å². The van der Waals surface area contributed by atoms with Crippen LogP contribution in [0.15, 0.2) is 0 Å². The first-order valence-electron chi connectivity index (χ1n) is 6.90. The number of hydrogen-bond acceptors (Lipinski definition) is 3. The Balaban J connectivity index is 2.65. The molecule has 1 heterocycles. The van der Waals surface area contributed by atoms with Gasteiger partial charge in [-0.15, -0.1) is 0 Å². The lowest BCUT2D eigenvalue weighted by Crippen LogP contribution is -2.47. The minimum absolute atomic E-state index is 0.0594. The van der Waals surface area contributed by atoms with Gasteiger partial charge in [0.05, 0.1) is 6.04 Å². The molecule has 0 saturated carbocycles. The smallest absolute Gasteiger partial charge is 0.245 e. The highest BCUT2D eigenvalue weighted by Crippen LogP contribution is 2.17. The zero-order chi connectivity index (χ0) is 14.7. The molecule has 1 N–H and O–H groups in total. The topological polar surface area (TPSA) is 66.5 Å². The Morgan fingerprint density at radius 2 is 1.74 bits per heavy atom. The molecule has 0 aromatic carbocycles. The predicted molar refractivity (Wildman–Crippen MR) is 72.4 cm³/mol. The van der Waals surface area contributed by atoms with Crippen LogP contribution in [0.2, 0.25) is 0 Å². The minimum Gasteiger partial charge on any atom is -0.344 e. The molecule has 2 atom stereocenters. The average molecular weight is 268 g/mol. The Bertz CT molecular complexity index is 377. The molecule has 0 aromatic rings. The number of likely N-dealkylation sites (tertiary alicyclic amines) is 1. The minimum atomic E-state index is -0.475. The van der Waals surface area contributed by atoms with Crippen LogP contribution in [-0.4, -0.2) is 41.1 Å².